The van der Waals surface area contributed by atoms with Crippen molar-refractivity contribution < 1.29 is 9.53 Å². The van der Waals surface area contributed by atoms with E-state index in [4.69, 9.17) is 11.2 Å². The van der Waals surface area contributed by atoms with E-state index in [-0.39, 0.29) is 54.0 Å². The van der Waals surface area contributed by atoms with Crippen LogP contribution in [0.5, 0.6) is 0 Å². The summed E-state index contributed by atoms with van der Waals surface area (Å²) in [7, 11) is 3.42. The SMILES string of the molecule is C#Cc1cccc(NC(=O)CNC(=NC)NC2CC(OC)C2(C)C)c1.I. The molecule has 1 aliphatic rings. The lowest BCUT2D eigenvalue weighted by molar-refractivity contribution is -0.115. The van der Waals surface area contributed by atoms with Crippen molar-refractivity contribution in [2.24, 2.45) is 10.4 Å². The highest BCUT2D eigenvalue weighted by molar-refractivity contribution is 14.0. The van der Waals surface area contributed by atoms with Crippen molar-refractivity contribution in [2.45, 2.75) is 32.4 Å². The summed E-state index contributed by atoms with van der Waals surface area (Å²) in [4.78, 5) is 16.3. The summed E-state index contributed by atoms with van der Waals surface area (Å²) in [5, 5.41) is 9.19. The highest BCUT2D eigenvalue weighted by Crippen LogP contribution is 2.42. The van der Waals surface area contributed by atoms with Gasteiger partial charge in [0.15, 0.2) is 5.96 Å². The van der Waals surface area contributed by atoms with E-state index in [0.717, 1.165) is 12.0 Å². The second-order valence-electron chi connectivity index (χ2n) is 6.68. The summed E-state index contributed by atoms with van der Waals surface area (Å²) in [6.45, 7) is 4.42. The molecule has 1 saturated carbocycles. The molecule has 0 saturated heterocycles. The summed E-state index contributed by atoms with van der Waals surface area (Å²) >= 11 is 0. The summed E-state index contributed by atoms with van der Waals surface area (Å²) < 4.78 is 5.45. The number of aliphatic imine (C=N–C) groups is 1. The molecule has 1 aromatic rings. The normalized spacial score (nSPS) is 20.8. The van der Waals surface area contributed by atoms with E-state index >= 15 is 0 Å². The molecule has 0 heterocycles. The molecule has 2 rings (SSSR count). The predicted octanol–water partition coefficient (Wildman–Crippen LogP) is 2.20. The number of terminal acetylenes is 1. The summed E-state index contributed by atoms with van der Waals surface area (Å²) in [6, 6.07) is 7.43. The zero-order valence-corrected chi connectivity index (χ0v) is 18.0. The van der Waals surface area contributed by atoms with Gasteiger partial charge in [0.1, 0.15) is 0 Å². The van der Waals surface area contributed by atoms with Crippen LogP contribution in [0.3, 0.4) is 0 Å². The first-order valence-electron chi connectivity index (χ1n) is 8.27. The zero-order valence-electron chi connectivity index (χ0n) is 15.6. The minimum absolute atomic E-state index is 0. The summed E-state index contributed by atoms with van der Waals surface area (Å²) in [6.07, 6.45) is 6.51. The van der Waals surface area contributed by atoms with Gasteiger partial charge >= 0.3 is 0 Å². The van der Waals surface area contributed by atoms with Crippen LogP contribution >= 0.6 is 24.0 Å². The van der Waals surface area contributed by atoms with Crippen LogP contribution in [0.15, 0.2) is 29.3 Å². The quantitative estimate of drug-likeness (QED) is 0.267. The lowest BCUT2D eigenvalue weighted by Gasteiger charge is -2.51. The van der Waals surface area contributed by atoms with Crippen molar-refractivity contribution in [2.75, 3.05) is 26.0 Å². The third kappa shape index (κ3) is 5.35. The second kappa shape index (κ2) is 9.78. The number of rotatable bonds is 5. The topological polar surface area (TPSA) is 74.8 Å². The third-order valence-electron chi connectivity index (χ3n) is 4.73. The predicted molar refractivity (Wildman–Crippen MR) is 116 cm³/mol. The smallest absolute Gasteiger partial charge is 0.243 e. The van der Waals surface area contributed by atoms with Crippen molar-refractivity contribution in [3.05, 3.63) is 29.8 Å². The molecule has 7 heteroatoms. The van der Waals surface area contributed by atoms with E-state index in [1.54, 1.807) is 26.3 Å². The first-order valence-corrected chi connectivity index (χ1v) is 8.27. The van der Waals surface area contributed by atoms with E-state index in [2.05, 4.69) is 40.7 Å². The lowest BCUT2D eigenvalue weighted by atomic mass is 9.64. The molecular formula is C19H27IN4O2. The van der Waals surface area contributed by atoms with Gasteiger partial charge in [-0.05, 0) is 24.6 Å². The molecule has 1 fully saturated rings. The van der Waals surface area contributed by atoms with Gasteiger partial charge in [-0.15, -0.1) is 30.4 Å². The van der Waals surface area contributed by atoms with E-state index in [1.807, 2.05) is 12.1 Å². The van der Waals surface area contributed by atoms with Crippen LogP contribution < -0.4 is 16.0 Å². The van der Waals surface area contributed by atoms with Crippen LogP contribution in [0, 0.1) is 17.8 Å². The number of nitrogens with zero attached hydrogens (tertiary/aromatic N) is 1. The van der Waals surface area contributed by atoms with Gasteiger partial charge in [0, 0.05) is 36.9 Å². The Balaban J connectivity index is 0.00000338. The standard InChI is InChI=1S/C19H26N4O2.HI/c1-6-13-8-7-9-14(10-13)22-17(24)12-21-18(20-4)23-15-11-16(25-5)19(15,2)3;/h1,7-10,15-16H,11-12H2,2-5H3,(H,22,24)(H2,20,21,23);1H. The molecule has 0 spiro atoms. The Labute approximate surface area is 172 Å². The second-order valence-corrected chi connectivity index (χ2v) is 6.68. The van der Waals surface area contributed by atoms with Gasteiger partial charge in [-0.2, -0.15) is 0 Å². The van der Waals surface area contributed by atoms with Crippen molar-refractivity contribution in [3.8, 4) is 12.3 Å². The molecule has 142 valence electrons. The maximum Gasteiger partial charge on any atom is 0.243 e. The van der Waals surface area contributed by atoms with E-state index < -0.39 is 0 Å². The average molecular weight is 470 g/mol. The number of halogens is 1. The molecular weight excluding hydrogens is 443 g/mol. The zero-order chi connectivity index (χ0) is 18.4. The number of methoxy groups -OCH3 is 1. The Hall–Kier alpha value is -1.79. The van der Waals surface area contributed by atoms with Crippen molar-refractivity contribution in [1.29, 1.82) is 0 Å². The van der Waals surface area contributed by atoms with Crippen LogP contribution in [0.25, 0.3) is 0 Å². The van der Waals surface area contributed by atoms with E-state index in [0.29, 0.717) is 11.6 Å². The fraction of sp³-hybridized carbons (Fsp3) is 0.474. The van der Waals surface area contributed by atoms with Gasteiger partial charge in [0.25, 0.3) is 0 Å². The van der Waals surface area contributed by atoms with Gasteiger partial charge in [0.2, 0.25) is 5.91 Å². The number of benzene rings is 1. The number of hydrogen-bond donors (Lipinski definition) is 3. The monoisotopic (exact) mass is 470 g/mol. The third-order valence-corrected chi connectivity index (χ3v) is 4.73. The van der Waals surface area contributed by atoms with Crippen LogP contribution in [-0.2, 0) is 9.53 Å². The molecule has 1 aliphatic carbocycles. The Morgan fingerprint density at radius 1 is 1.46 bits per heavy atom. The molecule has 0 radical (unpaired) electrons. The van der Waals surface area contributed by atoms with Crippen LogP contribution in [-0.4, -0.2) is 44.7 Å². The number of anilines is 1. The fourth-order valence-electron chi connectivity index (χ4n) is 2.95. The minimum Gasteiger partial charge on any atom is -0.381 e. The molecule has 0 aromatic heterocycles. The highest BCUT2D eigenvalue weighted by Gasteiger charge is 2.48. The molecule has 3 N–H and O–H groups in total. The summed E-state index contributed by atoms with van der Waals surface area (Å²) in [5.41, 5.74) is 1.42. The lowest BCUT2D eigenvalue weighted by Crippen LogP contribution is -2.63. The molecule has 6 nitrogen and oxygen atoms in total. The Morgan fingerprint density at radius 2 is 2.19 bits per heavy atom. The maximum atomic E-state index is 12.1. The molecule has 0 aliphatic heterocycles. The molecule has 26 heavy (non-hydrogen) atoms. The number of carbonyl (C=O) groups excluding carboxylic acids is 1. The van der Waals surface area contributed by atoms with Crippen molar-refractivity contribution in [1.82, 2.24) is 10.6 Å². The first-order chi connectivity index (χ1) is 11.9. The van der Waals surface area contributed by atoms with Crippen LogP contribution in [0.2, 0.25) is 0 Å². The molecule has 1 aromatic carbocycles. The Bertz CT molecular complexity index is 697. The van der Waals surface area contributed by atoms with Gasteiger partial charge in [-0.25, -0.2) is 0 Å². The minimum atomic E-state index is -0.167. The largest absolute Gasteiger partial charge is 0.381 e. The molecule has 2 atom stereocenters. The number of guanidine groups is 1. The molecule has 1 amide bonds. The molecule has 2 unspecified atom stereocenters. The van der Waals surface area contributed by atoms with Crippen molar-refractivity contribution >= 4 is 41.5 Å². The van der Waals surface area contributed by atoms with E-state index in [1.165, 1.54) is 0 Å². The Morgan fingerprint density at radius 3 is 2.77 bits per heavy atom. The molecule has 0 bridgehead atoms. The average Bonchev–Trinajstić information content (AvgIpc) is 2.60. The van der Waals surface area contributed by atoms with Crippen molar-refractivity contribution in [3.63, 3.8) is 0 Å². The van der Waals surface area contributed by atoms with Gasteiger partial charge in [-0.3, -0.25) is 9.79 Å². The van der Waals surface area contributed by atoms with E-state index in [9.17, 15) is 4.79 Å². The first kappa shape index (κ1) is 22.3. The fourth-order valence-corrected chi connectivity index (χ4v) is 2.95. The number of carbonyl (C=O) groups is 1. The van der Waals surface area contributed by atoms with Gasteiger partial charge < -0.3 is 20.7 Å². The Kier molecular flexibility index (Phi) is 8.37. The number of ether oxygens (including phenoxy) is 1. The summed E-state index contributed by atoms with van der Waals surface area (Å²) in [5.74, 6) is 2.97. The van der Waals surface area contributed by atoms with Gasteiger partial charge in [0.05, 0.1) is 12.6 Å². The number of amides is 1. The highest BCUT2D eigenvalue weighted by atomic mass is 127. The maximum absolute atomic E-state index is 12.1. The van der Waals surface area contributed by atoms with Gasteiger partial charge in [-0.1, -0.05) is 25.8 Å². The number of hydrogen-bond acceptors (Lipinski definition) is 3. The van der Waals surface area contributed by atoms with Crippen LogP contribution in [0.4, 0.5) is 5.69 Å². The van der Waals surface area contributed by atoms with Crippen LogP contribution in [0.1, 0.15) is 25.8 Å². The number of nitrogens with one attached hydrogen (secondary N) is 3.